The molecule has 0 radical (unpaired) electrons. The minimum atomic E-state index is -0.0724. The van der Waals surface area contributed by atoms with E-state index in [-0.39, 0.29) is 5.91 Å². The minimum absolute atomic E-state index is 0.0724. The summed E-state index contributed by atoms with van der Waals surface area (Å²) in [5, 5.41) is 7.06. The van der Waals surface area contributed by atoms with Crippen molar-refractivity contribution in [2.45, 2.75) is 11.8 Å². The molecule has 2 aromatic rings. The van der Waals surface area contributed by atoms with Gasteiger partial charge >= 0.3 is 0 Å². The number of carbonyl (C=O) groups excluding carboxylic acids is 1. The third-order valence-corrected chi connectivity index (χ3v) is 3.65. The van der Waals surface area contributed by atoms with Gasteiger partial charge in [-0.25, -0.2) is 0 Å². The van der Waals surface area contributed by atoms with Gasteiger partial charge in [-0.1, -0.05) is 18.2 Å². The monoisotopic (exact) mass is 275 g/mol. The molecule has 0 unspecified atom stereocenters. The quantitative estimate of drug-likeness (QED) is 0.672. The number of carbonyl (C=O) groups is 1. The first-order valence-electron chi connectivity index (χ1n) is 6.13. The van der Waals surface area contributed by atoms with Crippen molar-refractivity contribution in [3.63, 3.8) is 0 Å². The Hall–Kier alpha value is -1.75. The second-order valence-electron chi connectivity index (χ2n) is 4.21. The molecule has 1 heterocycles. The number of amides is 1. The number of aryl methyl sites for hydroxylation is 2. The lowest BCUT2D eigenvalue weighted by atomic mass is 10.3. The van der Waals surface area contributed by atoms with Crippen molar-refractivity contribution in [1.29, 1.82) is 0 Å². The second-order valence-corrected chi connectivity index (χ2v) is 5.38. The predicted molar refractivity (Wildman–Crippen MR) is 77.4 cm³/mol. The largest absolute Gasteiger partial charge is 0.350 e. The van der Waals surface area contributed by atoms with Crippen LogP contribution in [-0.4, -0.2) is 28.0 Å². The Balaban J connectivity index is 1.77. The van der Waals surface area contributed by atoms with Crippen molar-refractivity contribution in [3.8, 4) is 0 Å². The zero-order valence-electron chi connectivity index (χ0n) is 11.1. The first kappa shape index (κ1) is 13.7. The van der Waals surface area contributed by atoms with E-state index < -0.39 is 0 Å². The second kappa shape index (κ2) is 6.43. The van der Waals surface area contributed by atoms with Crippen LogP contribution in [0.2, 0.25) is 0 Å². The van der Waals surface area contributed by atoms with Crippen LogP contribution in [0, 0.1) is 6.92 Å². The SMILES string of the molecule is Cc1cc(C(=O)NCCSc2ccccc2)n(C)n1. The number of hydrogen-bond donors (Lipinski definition) is 1. The summed E-state index contributed by atoms with van der Waals surface area (Å²) in [5.74, 6) is 0.781. The minimum Gasteiger partial charge on any atom is -0.350 e. The lowest BCUT2D eigenvalue weighted by molar-refractivity contribution is 0.0947. The molecule has 5 heteroatoms. The predicted octanol–water partition coefficient (Wildman–Crippen LogP) is 2.25. The van der Waals surface area contributed by atoms with Gasteiger partial charge in [-0.3, -0.25) is 9.48 Å². The highest BCUT2D eigenvalue weighted by atomic mass is 32.2. The van der Waals surface area contributed by atoms with E-state index in [0.717, 1.165) is 11.4 Å². The van der Waals surface area contributed by atoms with Crippen LogP contribution in [0.3, 0.4) is 0 Å². The fourth-order valence-electron chi connectivity index (χ4n) is 1.76. The number of thioether (sulfide) groups is 1. The van der Waals surface area contributed by atoms with E-state index in [1.54, 1.807) is 29.6 Å². The third kappa shape index (κ3) is 3.86. The highest BCUT2D eigenvalue weighted by molar-refractivity contribution is 7.99. The zero-order chi connectivity index (χ0) is 13.7. The van der Waals surface area contributed by atoms with E-state index >= 15 is 0 Å². The van der Waals surface area contributed by atoms with Gasteiger partial charge < -0.3 is 5.32 Å². The van der Waals surface area contributed by atoms with Crippen molar-refractivity contribution in [1.82, 2.24) is 15.1 Å². The molecule has 1 amide bonds. The summed E-state index contributed by atoms with van der Waals surface area (Å²) in [6.07, 6.45) is 0. The smallest absolute Gasteiger partial charge is 0.269 e. The lowest BCUT2D eigenvalue weighted by Gasteiger charge is -2.05. The van der Waals surface area contributed by atoms with Crippen LogP contribution in [0.1, 0.15) is 16.2 Å². The highest BCUT2D eigenvalue weighted by Gasteiger charge is 2.10. The van der Waals surface area contributed by atoms with Gasteiger partial charge in [0.25, 0.3) is 5.91 Å². The lowest BCUT2D eigenvalue weighted by Crippen LogP contribution is -2.27. The van der Waals surface area contributed by atoms with Crippen LogP contribution in [0.5, 0.6) is 0 Å². The Morgan fingerprint density at radius 3 is 2.74 bits per heavy atom. The van der Waals surface area contributed by atoms with Crippen molar-refractivity contribution < 1.29 is 4.79 Å². The number of benzene rings is 1. The molecule has 0 aliphatic rings. The first-order valence-corrected chi connectivity index (χ1v) is 7.12. The van der Waals surface area contributed by atoms with E-state index in [1.165, 1.54) is 4.90 Å². The standard InChI is InChI=1S/C14H17N3OS/c1-11-10-13(17(2)16-11)14(18)15-8-9-19-12-6-4-3-5-7-12/h3-7,10H,8-9H2,1-2H3,(H,15,18). The molecule has 19 heavy (non-hydrogen) atoms. The van der Waals surface area contributed by atoms with Gasteiger partial charge in [-0.2, -0.15) is 5.10 Å². The summed E-state index contributed by atoms with van der Waals surface area (Å²) < 4.78 is 1.61. The van der Waals surface area contributed by atoms with Crippen LogP contribution in [0.15, 0.2) is 41.3 Å². The molecule has 4 nitrogen and oxygen atoms in total. The van der Waals surface area contributed by atoms with E-state index in [4.69, 9.17) is 0 Å². The van der Waals surface area contributed by atoms with Crippen LogP contribution >= 0.6 is 11.8 Å². The Kier molecular flexibility index (Phi) is 4.63. The number of aromatic nitrogens is 2. The van der Waals surface area contributed by atoms with Crippen molar-refractivity contribution >= 4 is 17.7 Å². The Labute approximate surface area is 117 Å². The summed E-state index contributed by atoms with van der Waals surface area (Å²) in [6.45, 7) is 2.52. The Morgan fingerprint density at radius 2 is 2.11 bits per heavy atom. The molecule has 100 valence electrons. The fraction of sp³-hybridized carbons (Fsp3) is 0.286. The number of rotatable bonds is 5. The summed E-state index contributed by atoms with van der Waals surface area (Å²) >= 11 is 1.73. The molecule has 0 atom stereocenters. The van der Waals surface area contributed by atoms with Gasteiger partial charge in [0.1, 0.15) is 5.69 Å². The van der Waals surface area contributed by atoms with Gasteiger partial charge in [-0.15, -0.1) is 11.8 Å². The molecule has 0 aliphatic carbocycles. The van der Waals surface area contributed by atoms with E-state index in [1.807, 2.05) is 25.1 Å². The number of nitrogens with zero attached hydrogens (tertiary/aromatic N) is 2. The van der Waals surface area contributed by atoms with Crippen LogP contribution in [0.4, 0.5) is 0 Å². The molecule has 0 spiro atoms. The molecule has 1 aromatic heterocycles. The maximum absolute atomic E-state index is 11.9. The molecule has 1 N–H and O–H groups in total. The molecule has 2 rings (SSSR count). The summed E-state index contributed by atoms with van der Waals surface area (Å²) in [6, 6.07) is 11.9. The van der Waals surface area contributed by atoms with Gasteiger partial charge in [0.2, 0.25) is 0 Å². The zero-order valence-corrected chi connectivity index (χ0v) is 11.9. The normalized spacial score (nSPS) is 10.4. The Morgan fingerprint density at radius 1 is 1.37 bits per heavy atom. The summed E-state index contributed by atoms with van der Waals surface area (Å²) in [7, 11) is 1.78. The molecular formula is C14H17N3OS. The molecule has 1 aromatic carbocycles. The van der Waals surface area contributed by atoms with Gasteiger partial charge in [0.05, 0.1) is 5.69 Å². The van der Waals surface area contributed by atoms with Crippen LogP contribution in [-0.2, 0) is 7.05 Å². The van der Waals surface area contributed by atoms with Gasteiger partial charge in [0, 0.05) is 24.2 Å². The molecule has 0 fully saturated rings. The molecule has 0 bridgehead atoms. The summed E-state index contributed by atoms with van der Waals surface area (Å²) in [5.41, 5.74) is 1.45. The topological polar surface area (TPSA) is 46.9 Å². The fourth-order valence-corrected chi connectivity index (χ4v) is 2.55. The molecule has 0 saturated carbocycles. The highest BCUT2D eigenvalue weighted by Crippen LogP contribution is 2.15. The summed E-state index contributed by atoms with van der Waals surface area (Å²) in [4.78, 5) is 13.1. The van der Waals surface area contributed by atoms with Crippen LogP contribution in [0.25, 0.3) is 0 Å². The first-order chi connectivity index (χ1) is 9.16. The van der Waals surface area contributed by atoms with Crippen molar-refractivity contribution in [2.75, 3.05) is 12.3 Å². The van der Waals surface area contributed by atoms with Crippen molar-refractivity contribution in [2.24, 2.45) is 7.05 Å². The van der Waals surface area contributed by atoms with Crippen LogP contribution < -0.4 is 5.32 Å². The van der Waals surface area contributed by atoms with E-state index in [2.05, 4.69) is 22.5 Å². The maximum Gasteiger partial charge on any atom is 0.269 e. The van der Waals surface area contributed by atoms with E-state index in [0.29, 0.717) is 12.2 Å². The number of hydrogen-bond acceptors (Lipinski definition) is 3. The molecule has 0 saturated heterocycles. The Bertz CT molecular complexity index is 551. The van der Waals surface area contributed by atoms with E-state index in [9.17, 15) is 4.79 Å². The number of nitrogens with one attached hydrogen (secondary N) is 1. The average molecular weight is 275 g/mol. The molecule has 0 aliphatic heterocycles. The average Bonchev–Trinajstić information content (AvgIpc) is 2.75. The molecular weight excluding hydrogens is 258 g/mol. The maximum atomic E-state index is 11.9. The third-order valence-electron chi connectivity index (χ3n) is 2.63. The van der Waals surface area contributed by atoms with Crippen molar-refractivity contribution in [3.05, 3.63) is 47.8 Å². The van der Waals surface area contributed by atoms with Gasteiger partial charge in [-0.05, 0) is 25.1 Å². The van der Waals surface area contributed by atoms with Gasteiger partial charge in [0.15, 0.2) is 0 Å².